The zero-order chi connectivity index (χ0) is 33.5. The first-order chi connectivity index (χ1) is 22.4. The standard InChI is InChI=1S/C36H37ClN6O4/c1-21-23(17-28-32-24(12-14-38-28)16-22(20-44)18-39-32)8-6-9-25(21)26-10-7-11-27(31(26)37)41-34(45)33-40-29-19-43(15-13-30(29)42(33)5)35(46)47-36(2,3)4/h6-12,14,16,18,44H,13,15,17,19-20H2,1-5H3,(H,41,45). The van der Waals surface area contributed by atoms with Crippen LogP contribution in [0.15, 0.2) is 60.9 Å². The lowest BCUT2D eigenvalue weighted by atomic mass is 9.93. The van der Waals surface area contributed by atoms with Gasteiger partial charge in [-0.1, -0.05) is 41.9 Å². The summed E-state index contributed by atoms with van der Waals surface area (Å²) in [6.07, 6.45) is 4.16. The van der Waals surface area contributed by atoms with Crippen molar-refractivity contribution in [3.63, 3.8) is 0 Å². The van der Waals surface area contributed by atoms with E-state index >= 15 is 0 Å². The monoisotopic (exact) mass is 652 g/mol. The number of halogens is 1. The van der Waals surface area contributed by atoms with Gasteiger partial charge in [-0.05, 0) is 68.1 Å². The van der Waals surface area contributed by atoms with Crippen LogP contribution >= 0.6 is 11.6 Å². The molecule has 2 N–H and O–H groups in total. The van der Waals surface area contributed by atoms with E-state index in [-0.39, 0.29) is 19.0 Å². The SMILES string of the molecule is Cc1c(Cc2nccc3cc(CO)cnc23)cccc1-c1cccc(NC(=O)c2nc3c(n2C)CCN(C(=O)OC(C)(C)C)C3)c1Cl. The predicted octanol–water partition coefficient (Wildman–Crippen LogP) is 6.62. The molecule has 10 nitrogen and oxygen atoms in total. The van der Waals surface area contributed by atoms with Crippen molar-refractivity contribution in [2.45, 2.75) is 59.3 Å². The van der Waals surface area contributed by atoms with Gasteiger partial charge in [0.2, 0.25) is 0 Å². The third kappa shape index (κ3) is 6.57. The molecule has 0 unspecified atom stereocenters. The van der Waals surface area contributed by atoms with Gasteiger partial charge in [0, 0.05) is 55.5 Å². The van der Waals surface area contributed by atoms with Crippen molar-refractivity contribution in [3.05, 3.63) is 106 Å². The number of carbonyl (C=O) groups is 2. The zero-order valence-corrected chi connectivity index (χ0v) is 27.9. The number of anilines is 1. The van der Waals surface area contributed by atoms with Crippen molar-refractivity contribution < 1.29 is 19.4 Å². The lowest BCUT2D eigenvalue weighted by Crippen LogP contribution is -2.40. The average molecular weight is 653 g/mol. The lowest BCUT2D eigenvalue weighted by Gasteiger charge is -2.29. The van der Waals surface area contributed by atoms with E-state index < -0.39 is 17.6 Å². The minimum absolute atomic E-state index is 0.0691. The van der Waals surface area contributed by atoms with Gasteiger partial charge in [-0.2, -0.15) is 0 Å². The van der Waals surface area contributed by atoms with Crippen LogP contribution < -0.4 is 5.32 Å². The van der Waals surface area contributed by atoms with Crippen LogP contribution in [0.4, 0.5) is 10.5 Å². The summed E-state index contributed by atoms with van der Waals surface area (Å²) in [6, 6.07) is 15.4. The molecule has 4 heterocycles. The summed E-state index contributed by atoms with van der Waals surface area (Å²) >= 11 is 6.97. The summed E-state index contributed by atoms with van der Waals surface area (Å²) in [7, 11) is 1.81. The molecular formula is C36H37ClN6O4. The molecule has 242 valence electrons. The molecule has 3 aromatic heterocycles. The highest BCUT2D eigenvalue weighted by atomic mass is 35.5. The van der Waals surface area contributed by atoms with Crippen molar-refractivity contribution in [2.24, 2.45) is 7.05 Å². The molecule has 1 aliphatic heterocycles. The third-order valence-electron chi connectivity index (χ3n) is 8.37. The summed E-state index contributed by atoms with van der Waals surface area (Å²) < 4.78 is 7.31. The van der Waals surface area contributed by atoms with Crippen LogP contribution in [0, 0.1) is 6.92 Å². The molecule has 2 amide bonds. The third-order valence-corrected chi connectivity index (χ3v) is 8.77. The fraction of sp³-hybridized carbons (Fsp3) is 0.306. The number of aliphatic hydroxyl groups excluding tert-OH is 1. The van der Waals surface area contributed by atoms with E-state index in [2.05, 4.69) is 26.3 Å². The highest BCUT2D eigenvalue weighted by Crippen LogP contribution is 2.37. The maximum absolute atomic E-state index is 13.5. The van der Waals surface area contributed by atoms with Crippen molar-refractivity contribution in [3.8, 4) is 11.1 Å². The second kappa shape index (κ2) is 12.8. The minimum Gasteiger partial charge on any atom is -0.444 e. The number of nitrogens with zero attached hydrogens (tertiary/aromatic N) is 5. The van der Waals surface area contributed by atoms with Gasteiger partial charge in [-0.3, -0.25) is 14.8 Å². The van der Waals surface area contributed by atoms with Crippen molar-refractivity contribution in [2.75, 3.05) is 11.9 Å². The minimum atomic E-state index is -0.600. The van der Waals surface area contributed by atoms with E-state index in [1.54, 1.807) is 27.9 Å². The number of amides is 2. The molecule has 6 rings (SSSR count). The highest BCUT2D eigenvalue weighted by molar-refractivity contribution is 6.36. The molecule has 0 bridgehead atoms. The Morgan fingerprint density at radius 2 is 1.85 bits per heavy atom. The molecule has 0 saturated heterocycles. The number of hydrogen-bond donors (Lipinski definition) is 2. The number of hydrogen-bond acceptors (Lipinski definition) is 7. The maximum atomic E-state index is 13.5. The normalized spacial score (nSPS) is 13.0. The van der Waals surface area contributed by atoms with Gasteiger partial charge >= 0.3 is 6.09 Å². The number of aromatic nitrogens is 4. The molecule has 0 fully saturated rings. The number of ether oxygens (including phenoxy) is 1. The average Bonchev–Trinajstić information content (AvgIpc) is 3.38. The van der Waals surface area contributed by atoms with E-state index in [1.165, 1.54) is 0 Å². The molecule has 0 spiro atoms. The smallest absolute Gasteiger partial charge is 0.410 e. The number of fused-ring (bicyclic) bond motifs is 2. The second-order valence-electron chi connectivity index (χ2n) is 12.8. The molecule has 11 heteroatoms. The summed E-state index contributed by atoms with van der Waals surface area (Å²) in [5.74, 6) is -0.155. The fourth-order valence-electron chi connectivity index (χ4n) is 5.96. The first-order valence-electron chi connectivity index (χ1n) is 15.5. The topological polar surface area (TPSA) is 122 Å². The Morgan fingerprint density at radius 1 is 1.09 bits per heavy atom. The first-order valence-corrected chi connectivity index (χ1v) is 15.9. The summed E-state index contributed by atoms with van der Waals surface area (Å²) in [5.41, 5.74) is 7.67. The Hall–Kier alpha value is -4.80. The Labute approximate surface area is 278 Å². The summed E-state index contributed by atoms with van der Waals surface area (Å²) in [5, 5.41) is 13.8. The fourth-order valence-corrected chi connectivity index (χ4v) is 6.23. The Kier molecular flexibility index (Phi) is 8.74. The highest BCUT2D eigenvalue weighted by Gasteiger charge is 2.30. The molecular weight excluding hydrogens is 616 g/mol. The zero-order valence-electron chi connectivity index (χ0n) is 27.1. The van der Waals surface area contributed by atoms with Gasteiger partial charge in [-0.15, -0.1) is 0 Å². The van der Waals surface area contributed by atoms with Gasteiger partial charge in [0.05, 0.1) is 40.8 Å². The van der Waals surface area contributed by atoms with Gasteiger partial charge in [0.1, 0.15) is 5.60 Å². The molecule has 47 heavy (non-hydrogen) atoms. The lowest BCUT2D eigenvalue weighted by molar-refractivity contribution is 0.0220. The molecule has 0 radical (unpaired) electrons. The second-order valence-corrected chi connectivity index (χ2v) is 13.1. The van der Waals surface area contributed by atoms with E-state index in [4.69, 9.17) is 16.3 Å². The quantitative estimate of drug-likeness (QED) is 0.211. The molecule has 1 aliphatic rings. The van der Waals surface area contributed by atoms with E-state index in [9.17, 15) is 14.7 Å². The first kappa shape index (κ1) is 32.2. The maximum Gasteiger partial charge on any atom is 0.410 e. The van der Waals surface area contributed by atoms with Crippen molar-refractivity contribution in [1.82, 2.24) is 24.4 Å². The van der Waals surface area contributed by atoms with Crippen molar-refractivity contribution >= 4 is 40.2 Å². The van der Waals surface area contributed by atoms with Crippen LogP contribution in [-0.2, 0) is 37.8 Å². The van der Waals surface area contributed by atoms with Crippen LogP contribution in [0.2, 0.25) is 5.02 Å². The summed E-state index contributed by atoms with van der Waals surface area (Å²) in [6.45, 7) is 8.22. The Morgan fingerprint density at radius 3 is 2.62 bits per heavy atom. The predicted molar refractivity (Wildman–Crippen MR) is 181 cm³/mol. The van der Waals surface area contributed by atoms with Crippen LogP contribution in [-0.4, -0.2) is 53.7 Å². The Bertz CT molecular complexity index is 2020. The number of rotatable bonds is 6. The van der Waals surface area contributed by atoms with Crippen LogP contribution in [0.1, 0.15) is 65.2 Å². The number of imidazole rings is 1. The number of benzene rings is 2. The van der Waals surface area contributed by atoms with Gasteiger partial charge in [-0.25, -0.2) is 9.78 Å². The molecule has 0 saturated carbocycles. The molecule has 2 aromatic carbocycles. The van der Waals surface area contributed by atoms with Gasteiger partial charge < -0.3 is 24.6 Å². The van der Waals surface area contributed by atoms with Crippen LogP contribution in [0.5, 0.6) is 0 Å². The number of aliphatic hydroxyl groups is 1. The molecule has 5 aromatic rings. The van der Waals surface area contributed by atoms with Crippen LogP contribution in [0.25, 0.3) is 22.0 Å². The number of carbonyl (C=O) groups excluding carboxylic acids is 2. The number of pyridine rings is 2. The van der Waals surface area contributed by atoms with Gasteiger partial charge in [0.15, 0.2) is 5.82 Å². The molecule has 0 aliphatic carbocycles. The Balaban J connectivity index is 1.23. The van der Waals surface area contributed by atoms with Crippen molar-refractivity contribution in [1.29, 1.82) is 0 Å². The van der Waals surface area contributed by atoms with E-state index in [1.807, 2.05) is 71.1 Å². The largest absolute Gasteiger partial charge is 0.444 e. The number of nitrogens with one attached hydrogen (secondary N) is 1. The van der Waals surface area contributed by atoms with E-state index in [0.29, 0.717) is 35.8 Å². The van der Waals surface area contributed by atoms with Gasteiger partial charge in [0.25, 0.3) is 5.91 Å². The summed E-state index contributed by atoms with van der Waals surface area (Å²) in [4.78, 5) is 41.6. The van der Waals surface area contributed by atoms with Crippen LogP contribution in [0.3, 0.4) is 0 Å². The van der Waals surface area contributed by atoms with E-state index in [0.717, 1.165) is 50.1 Å². The molecule has 0 atom stereocenters.